The molecule has 7 rings (SSSR count). The Labute approximate surface area is 247 Å². The van der Waals surface area contributed by atoms with Crippen molar-refractivity contribution in [2.45, 2.75) is 6.92 Å². The lowest BCUT2D eigenvalue weighted by atomic mass is 9.94. The molecule has 0 radical (unpaired) electrons. The first-order chi connectivity index (χ1) is 21.1. The summed E-state index contributed by atoms with van der Waals surface area (Å²) < 4.78 is 0. The van der Waals surface area contributed by atoms with Crippen LogP contribution in [0.4, 0.5) is 5.69 Å². The molecule has 0 aliphatic carbocycles. The average molecular weight is 549 g/mol. The van der Waals surface area contributed by atoms with Gasteiger partial charge in [-0.1, -0.05) is 66.7 Å². The van der Waals surface area contributed by atoms with Crippen LogP contribution in [0.2, 0.25) is 0 Å². The first-order valence-electron chi connectivity index (χ1n) is 13.6. The van der Waals surface area contributed by atoms with E-state index < -0.39 is 0 Å². The zero-order chi connectivity index (χ0) is 29.5. The van der Waals surface area contributed by atoms with Crippen molar-refractivity contribution < 1.29 is 0 Å². The molecular weight excluding hydrogens is 528 g/mol. The summed E-state index contributed by atoms with van der Waals surface area (Å²) in [7, 11) is 0. The summed E-state index contributed by atoms with van der Waals surface area (Å²) in [6, 6.07) is 36.7. The zero-order valence-corrected chi connectivity index (χ0v) is 23.0. The van der Waals surface area contributed by atoms with E-state index in [1.54, 1.807) is 30.3 Å². The fraction of sp³-hybridized carbons (Fsp3) is 0.0270. The minimum Gasteiger partial charge on any atom is -0.247 e. The number of aromatic nitrogens is 3. The van der Waals surface area contributed by atoms with E-state index in [1.165, 1.54) is 0 Å². The topological polar surface area (TPSA) is 90.6 Å². The third-order valence-electron chi connectivity index (χ3n) is 7.62. The second-order valence-corrected chi connectivity index (χ2v) is 10.3. The van der Waals surface area contributed by atoms with Crippen molar-refractivity contribution in [2.24, 2.45) is 0 Å². The van der Waals surface area contributed by atoms with E-state index in [4.69, 9.17) is 21.5 Å². The highest BCUT2D eigenvalue weighted by molar-refractivity contribution is 6.22. The summed E-state index contributed by atoms with van der Waals surface area (Å²) in [5.74, 6) is 0. The molecule has 7 aromatic rings. The number of aryl methyl sites for hydroxylation is 1. The molecule has 6 nitrogen and oxygen atoms in total. The molecule has 0 fully saturated rings. The number of nitriles is 2. The van der Waals surface area contributed by atoms with Gasteiger partial charge in [0.25, 0.3) is 0 Å². The number of para-hydroxylation sites is 1. The van der Waals surface area contributed by atoms with Crippen molar-refractivity contribution in [3.05, 3.63) is 131 Å². The molecule has 0 N–H and O–H groups in total. The Bertz CT molecular complexity index is 2370. The lowest BCUT2D eigenvalue weighted by molar-refractivity contribution is 1.29. The van der Waals surface area contributed by atoms with Crippen molar-refractivity contribution >= 4 is 38.4 Å². The number of rotatable bonds is 3. The van der Waals surface area contributed by atoms with Crippen molar-refractivity contribution in [3.63, 3.8) is 0 Å². The van der Waals surface area contributed by atoms with Gasteiger partial charge in [0.15, 0.2) is 5.69 Å². The second kappa shape index (κ2) is 10.2. The number of fused-ring (bicyclic) bond motifs is 5. The van der Waals surface area contributed by atoms with Gasteiger partial charge in [0.2, 0.25) is 0 Å². The fourth-order valence-electron chi connectivity index (χ4n) is 5.60. The Morgan fingerprint density at radius 1 is 0.605 bits per heavy atom. The van der Waals surface area contributed by atoms with Crippen LogP contribution in [0, 0.1) is 36.2 Å². The van der Waals surface area contributed by atoms with Gasteiger partial charge in [0.1, 0.15) is 0 Å². The Morgan fingerprint density at radius 3 is 2.00 bits per heavy atom. The van der Waals surface area contributed by atoms with Crippen molar-refractivity contribution in [2.75, 3.05) is 0 Å². The quantitative estimate of drug-likeness (QED) is 0.162. The van der Waals surface area contributed by atoms with Gasteiger partial charge in [-0.15, -0.1) is 0 Å². The molecule has 0 aliphatic rings. The minimum absolute atomic E-state index is 0.547. The minimum atomic E-state index is 0.547. The maximum Gasteiger partial charge on any atom is 0.187 e. The Hall–Kier alpha value is -6.42. The summed E-state index contributed by atoms with van der Waals surface area (Å²) in [5.41, 5.74) is 9.62. The summed E-state index contributed by atoms with van der Waals surface area (Å²) in [6.45, 7) is 9.41. The molecule has 0 saturated carbocycles. The van der Waals surface area contributed by atoms with Crippen LogP contribution in [0.5, 0.6) is 0 Å². The van der Waals surface area contributed by atoms with E-state index in [1.807, 2.05) is 66.7 Å². The molecule has 0 bridgehead atoms. The van der Waals surface area contributed by atoms with Crippen LogP contribution < -0.4 is 0 Å². The Morgan fingerprint density at radius 2 is 1.28 bits per heavy atom. The fourth-order valence-corrected chi connectivity index (χ4v) is 5.60. The number of hydrogen-bond acceptors (Lipinski definition) is 5. The number of pyridine rings is 1. The van der Waals surface area contributed by atoms with E-state index in [0.29, 0.717) is 28.2 Å². The molecule has 6 heteroatoms. The van der Waals surface area contributed by atoms with Crippen LogP contribution >= 0.6 is 0 Å². The summed E-state index contributed by atoms with van der Waals surface area (Å²) in [5, 5.41) is 21.8. The number of hydrogen-bond donors (Lipinski definition) is 0. The molecule has 0 atom stereocenters. The van der Waals surface area contributed by atoms with Crippen LogP contribution in [0.15, 0.2) is 103 Å². The monoisotopic (exact) mass is 548 g/mol. The molecule has 2 heterocycles. The SMILES string of the molecule is [C-]#[N+]c1ccc(-c2nc3cc(C)c4c(-c5cccc(C#N)c5)nc5ccccc5c4c3nc2-c2ccc(C#N)cc2)cc1. The van der Waals surface area contributed by atoms with E-state index >= 15 is 0 Å². The molecule has 0 aliphatic heterocycles. The predicted molar refractivity (Wildman–Crippen MR) is 169 cm³/mol. The van der Waals surface area contributed by atoms with E-state index in [9.17, 15) is 10.5 Å². The third-order valence-corrected chi connectivity index (χ3v) is 7.62. The Kier molecular flexibility index (Phi) is 6.06. The van der Waals surface area contributed by atoms with E-state index in [0.717, 1.165) is 60.7 Å². The van der Waals surface area contributed by atoms with Gasteiger partial charge in [0.05, 0.1) is 63.5 Å². The maximum atomic E-state index is 9.59. The molecule has 0 spiro atoms. The molecule has 0 amide bonds. The summed E-state index contributed by atoms with van der Waals surface area (Å²) in [6.07, 6.45) is 0. The Balaban J connectivity index is 1.63. The highest BCUT2D eigenvalue weighted by atomic mass is 14.8. The van der Waals surface area contributed by atoms with Crippen molar-refractivity contribution in [1.82, 2.24) is 15.0 Å². The van der Waals surface area contributed by atoms with Gasteiger partial charge in [-0.3, -0.25) is 0 Å². The normalized spacial score (nSPS) is 10.8. The lowest BCUT2D eigenvalue weighted by Gasteiger charge is -2.17. The largest absolute Gasteiger partial charge is 0.247 e. The molecule has 2 aromatic heterocycles. The van der Waals surface area contributed by atoms with Crippen LogP contribution in [0.25, 0.3) is 71.3 Å². The second-order valence-electron chi connectivity index (χ2n) is 10.3. The standard InChI is InChI=1S/C37H20N6/c1-22-18-31-37(33-29-8-3-4-9-30(29)41-34(32(22)33)27-7-5-6-24(19-27)21-39)43-36(25-12-10-23(20-38)11-13-25)35(42-31)26-14-16-28(40-2)17-15-26/h3-19H,1H3. The number of nitrogens with zero attached hydrogens (tertiary/aromatic N) is 6. The molecule has 0 saturated heterocycles. The average Bonchev–Trinajstić information content (AvgIpc) is 3.07. The summed E-state index contributed by atoms with van der Waals surface area (Å²) in [4.78, 5) is 19.1. The van der Waals surface area contributed by atoms with Crippen LogP contribution in [0.3, 0.4) is 0 Å². The molecule has 198 valence electrons. The zero-order valence-electron chi connectivity index (χ0n) is 23.0. The van der Waals surface area contributed by atoms with Gasteiger partial charge >= 0.3 is 0 Å². The molecular formula is C37H20N6. The summed E-state index contributed by atoms with van der Waals surface area (Å²) >= 11 is 0. The smallest absolute Gasteiger partial charge is 0.187 e. The van der Waals surface area contributed by atoms with Crippen LogP contribution in [-0.4, -0.2) is 15.0 Å². The van der Waals surface area contributed by atoms with Crippen molar-refractivity contribution in [1.29, 1.82) is 10.5 Å². The molecule has 43 heavy (non-hydrogen) atoms. The molecule has 0 unspecified atom stereocenters. The van der Waals surface area contributed by atoms with Gasteiger partial charge in [0, 0.05) is 27.3 Å². The van der Waals surface area contributed by atoms with Crippen molar-refractivity contribution in [3.8, 4) is 45.9 Å². The van der Waals surface area contributed by atoms with Gasteiger partial charge in [-0.25, -0.2) is 19.8 Å². The number of benzene rings is 5. The van der Waals surface area contributed by atoms with E-state index in [2.05, 4.69) is 30.0 Å². The van der Waals surface area contributed by atoms with Crippen LogP contribution in [0.1, 0.15) is 16.7 Å². The first-order valence-corrected chi connectivity index (χ1v) is 13.6. The van der Waals surface area contributed by atoms with Gasteiger partial charge < -0.3 is 0 Å². The predicted octanol–water partition coefficient (Wildman–Crippen LogP) is 8.93. The highest BCUT2D eigenvalue weighted by Crippen LogP contribution is 2.40. The maximum absolute atomic E-state index is 9.59. The van der Waals surface area contributed by atoms with Gasteiger partial charge in [-0.05, 0) is 54.4 Å². The third kappa shape index (κ3) is 4.30. The molecule has 5 aromatic carbocycles. The lowest BCUT2D eigenvalue weighted by Crippen LogP contribution is -1.99. The van der Waals surface area contributed by atoms with Gasteiger partial charge in [-0.2, -0.15) is 10.5 Å². The van der Waals surface area contributed by atoms with E-state index in [-0.39, 0.29) is 0 Å². The first kappa shape index (κ1) is 25.5. The highest BCUT2D eigenvalue weighted by Gasteiger charge is 2.20. The van der Waals surface area contributed by atoms with Crippen LogP contribution in [-0.2, 0) is 0 Å².